The number of imidazole rings is 1. The zero-order valence-electron chi connectivity index (χ0n) is 16.4. The molecule has 1 aromatic heterocycles. The fourth-order valence-electron chi connectivity index (χ4n) is 3.02. The number of ether oxygens (including phenoxy) is 1. The van der Waals surface area contributed by atoms with Crippen LogP contribution in [0.1, 0.15) is 12.7 Å². The van der Waals surface area contributed by atoms with E-state index < -0.39 is 0 Å². The topological polar surface area (TPSA) is 63.5 Å². The highest BCUT2D eigenvalue weighted by atomic mass is 19.1. The van der Waals surface area contributed by atoms with Gasteiger partial charge < -0.3 is 19.9 Å². The Morgan fingerprint density at radius 3 is 2.71 bits per heavy atom. The number of halogens is 1. The quantitative estimate of drug-likeness (QED) is 0.486. The summed E-state index contributed by atoms with van der Waals surface area (Å²) in [7, 11) is 1.72. The van der Waals surface area contributed by atoms with Crippen molar-refractivity contribution in [1.29, 1.82) is 0 Å². The molecule has 2 aromatic carbocycles. The summed E-state index contributed by atoms with van der Waals surface area (Å²) >= 11 is 0. The molecule has 0 amide bonds. The van der Waals surface area contributed by atoms with Gasteiger partial charge in [-0.25, -0.2) is 9.37 Å². The highest BCUT2D eigenvalue weighted by Gasteiger charge is 2.10. The van der Waals surface area contributed by atoms with Gasteiger partial charge in [-0.2, -0.15) is 0 Å². The average molecular weight is 383 g/mol. The lowest BCUT2D eigenvalue weighted by atomic mass is 10.3. The molecule has 0 aliphatic carbocycles. The Morgan fingerprint density at radius 2 is 1.93 bits per heavy atom. The predicted octanol–water partition coefficient (Wildman–Crippen LogP) is 3.12. The predicted molar refractivity (Wildman–Crippen MR) is 110 cm³/mol. The fourth-order valence-corrected chi connectivity index (χ4v) is 3.02. The number of fused-ring (bicyclic) bond motifs is 1. The average Bonchev–Trinajstić information content (AvgIpc) is 3.01. The molecule has 1 unspecified atom stereocenters. The molecule has 0 aliphatic rings. The van der Waals surface area contributed by atoms with Crippen molar-refractivity contribution in [3.8, 4) is 5.75 Å². The van der Waals surface area contributed by atoms with E-state index in [1.165, 1.54) is 6.07 Å². The number of hydrogen-bond acceptors (Lipinski definition) is 3. The Labute approximate surface area is 164 Å². The maximum Gasteiger partial charge on any atom is 0.191 e. The van der Waals surface area contributed by atoms with Crippen LogP contribution in [0.2, 0.25) is 0 Å². The third kappa shape index (κ3) is 4.79. The third-order valence-electron chi connectivity index (χ3n) is 4.42. The highest BCUT2D eigenvalue weighted by molar-refractivity contribution is 5.79. The van der Waals surface area contributed by atoms with E-state index in [0.29, 0.717) is 19.0 Å². The number of para-hydroxylation sites is 3. The van der Waals surface area contributed by atoms with E-state index in [-0.39, 0.29) is 17.7 Å². The van der Waals surface area contributed by atoms with Crippen molar-refractivity contribution in [2.24, 2.45) is 4.99 Å². The van der Waals surface area contributed by atoms with Crippen LogP contribution in [0.4, 0.5) is 4.39 Å². The monoisotopic (exact) mass is 383 g/mol. The maximum absolute atomic E-state index is 13.7. The molecule has 0 radical (unpaired) electrons. The van der Waals surface area contributed by atoms with Gasteiger partial charge >= 0.3 is 0 Å². The molecule has 3 aromatic rings. The van der Waals surface area contributed by atoms with Crippen LogP contribution < -0.4 is 15.4 Å². The largest absolute Gasteiger partial charge is 0.486 e. The van der Waals surface area contributed by atoms with Gasteiger partial charge in [0.15, 0.2) is 17.5 Å². The van der Waals surface area contributed by atoms with Crippen molar-refractivity contribution in [2.45, 2.75) is 26.5 Å². The zero-order valence-corrected chi connectivity index (χ0v) is 16.4. The summed E-state index contributed by atoms with van der Waals surface area (Å²) in [6.07, 6.45) is -0.213. The molecule has 28 heavy (non-hydrogen) atoms. The molecule has 3 rings (SSSR count). The first kappa shape index (κ1) is 19.7. The maximum atomic E-state index is 13.7. The Bertz CT molecular complexity index is 953. The van der Waals surface area contributed by atoms with Gasteiger partial charge in [0.25, 0.3) is 0 Å². The second-order valence-electron chi connectivity index (χ2n) is 6.54. The minimum absolute atomic E-state index is 0.213. The molecule has 0 fully saturated rings. The van der Waals surface area contributed by atoms with Gasteiger partial charge in [-0.15, -0.1) is 0 Å². The molecular formula is C21H26FN5O. The molecule has 0 spiro atoms. The molecule has 0 aliphatic heterocycles. The molecule has 0 saturated carbocycles. The van der Waals surface area contributed by atoms with Gasteiger partial charge in [0.1, 0.15) is 11.9 Å². The summed E-state index contributed by atoms with van der Waals surface area (Å²) in [6, 6.07) is 14.5. The van der Waals surface area contributed by atoms with Gasteiger partial charge in [-0.3, -0.25) is 4.99 Å². The number of guanidine groups is 1. The molecule has 148 valence electrons. The summed E-state index contributed by atoms with van der Waals surface area (Å²) in [5.74, 6) is 1.55. The molecule has 2 N–H and O–H groups in total. The first-order valence-electron chi connectivity index (χ1n) is 9.36. The zero-order chi connectivity index (χ0) is 19.9. The number of benzene rings is 2. The van der Waals surface area contributed by atoms with E-state index in [0.717, 1.165) is 23.4 Å². The second kappa shape index (κ2) is 9.21. The van der Waals surface area contributed by atoms with E-state index in [9.17, 15) is 4.39 Å². The van der Waals surface area contributed by atoms with E-state index in [1.54, 1.807) is 25.2 Å². The Hall–Kier alpha value is -3.09. The van der Waals surface area contributed by atoms with Crippen LogP contribution in [0.5, 0.6) is 5.75 Å². The number of nitrogens with one attached hydrogen (secondary N) is 2. The van der Waals surface area contributed by atoms with E-state index in [2.05, 4.69) is 31.2 Å². The summed E-state index contributed by atoms with van der Waals surface area (Å²) in [4.78, 5) is 8.81. The second-order valence-corrected chi connectivity index (χ2v) is 6.54. The standard InChI is InChI=1S/C21H26FN5O/c1-15(28-20-11-7-4-8-17(20)22)14-25-21(23-3)24-12-13-27-16(2)26-18-9-5-6-10-19(18)27/h4-11,15H,12-14H2,1-3H3,(H2,23,24,25). The van der Waals surface area contributed by atoms with Crippen molar-refractivity contribution in [1.82, 2.24) is 20.2 Å². The van der Waals surface area contributed by atoms with E-state index >= 15 is 0 Å². The van der Waals surface area contributed by atoms with Crippen LogP contribution >= 0.6 is 0 Å². The Balaban J connectivity index is 1.48. The summed E-state index contributed by atoms with van der Waals surface area (Å²) in [5.41, 5.74) is 2.12. The summed E-state index contributed by atoms with van der Waals surface area (Å²) in [6.45, 7) is 5.86. The molecule has 7 heteroatoms. The van der Waals surface area contributed by atoms with Gasteiger partial charge in [0.2, 0.25) is 0 Å². The van der Waals surface area contributed by atoms with Crippen LogP contribution in [-0.4, -0.2) is 41.8 Å². The van der Waals surface area contributed by atoms with Crippen molar-refractivity contribution >= 4 is 17.0 Å². The molecule has 6 nitrogen and oxygen atoms in total. The summed E-state index contributed by atoms with van der Waals surface area (Å²) in [5, 5.41) is 6.50. The van der Waals surface area contributed by atoms with Crippen LogP contribution in [0.25, 0.3) is 11.0 Å². The number of nitrogens with zero attached hydrogens (tertiary/aromatic N) is 3. The van der Waals surface area contributed by atoms with Crippen LogP contribution in [0.15, 0.2) is 53.5 Å². The first-order chi connectivity index (χ1) is 13.6. The lowest BCUT2D eigenvalue weighted by Crippen LogP contribution is -2.42. The van der Waals surface area contributed by atoms with Crippen molar-refractivity contribution in [2.75, 3.05) is 20.1 Å². The van der Waals surface area contributed by atoms with Gasteiger partial charge in [-0.1, -0.05) is 24.3 Å². The fraction of sp³-hybridized carbons (Fsp3) is 0.333. The van der Waals surface area contributed by atoms with Crippen LogP contribution in [0, 0.1) is 12.7 Å². The van der Waals surface area contributed by atoms with Crippen LogP contribution in [0.3, 0.4) is 0 Å². The molecular weight excluding hydrogens is 357 g/mol. The minimum atomic E-state index is -0.361. The van der Waals surface area contributed by atoms with Crippen LogP contribution in [-0.2, 0) is 6.54 Å². The molecule has 0 bridgehead atoms. The molecule has 1 heterocycles. The molecule has 1 atom stereocenters. The summed E-state index contributed by atoms with van der Waals surface area (Å²) < 4.78 is 21.5. The van der Waals surface area contributed by atoms with Gasteiger partial charge in [0, 0.05) is 20.1 Å². The number of hydrogen-bond donors (Lipinski definition) is 2. The SMILES string of the molecule is CN=C(NCCn1c(C)nc2ccccc21)NCC(C)Oc1ccccc1F. The van der Waals surface area contributed by atoms with Gasteiger partial charge in [0.05, 0.1) is 17.6 Å². The number of rotatable bonds is 7. The first-order valence-corrected chi connectivity index (χ1v) is 9.36. The Morgan fingerprint density at radius 1 is 1.18 bits per heavy atom. The third-order valence-corrected chi connectivity index (χ3v) is 4.42. The number of aliphatic imine (C=N–C) groups is 1. The van der Waals surface area contributed by atoms with Gasteiger partial charge in [-0.05, 0) is 38.1 Å². The van der Waals surface area contributed by atoms with E-state index in [4.69, 9.17) is 4.74 Å². The Kier molecular flexibility index (Phi) is 6.47. The highest BCUT2D eigenvalue weighted by Crippen LogP contribution is 2.17. The van der Waals surface area contributed by atoms with Crippen molar-refractivity contribution < 1.29 is 9.13 Å². The van der Waals surface area contributed by atoms with Crippen molar-refractivity contribution in [3.05, 3.63) is 60.2 Å². The smallest absolute Gasteiger partial charge is 0.191 e. The minimum Gasteiger partial charge on any atom is -0.486 e. The lowest BCUT2D eigenvalue weighted by molar-refractivity contribution is 0.214. The van der Waals surface area contributed by atoms with Crippen molar-refractivity contribution in [3.63, 3.8) is 0 Å². The van der Waals surface area contributed by atoms with E-state index in [1.807, 2.05) is 32.0 Å². The lowest BCUT2D eigenvalue weighted by Gasteiger charge is -2.18. The molecule has 0 saturated heterocycles. The number of aromatic nitrogens is 2. The normalized spacial score (nSPS) is 12.8. The number of aryl methyl sites for hydroxylation is 1.